The van der Waals surface area contributed by atoms with Gasteiger partial charge in [0.25, 0.3) is 5.91 Å². The van der Waals surface area contributed by atoms with E-state index in [1.165, 1.54) is 11.3 Å². The van der Waals surface area contributed by atoms with Crippen molar-refractivity contribution in [2.45, 2.75) is 0 Å². The fourth-order valence-electron chi connectivity index (χ4n) is 3.47. The molecule has 7 nitrogen and oxygen atoms in total. The number of anilines is 3. The van der Waals surface area contributed by atoms with E-state index >= 15 is 0 Å². The Balaban J connectivity index is 1.39. The Bertz CT molecular complexity index is 1070. The molecule has 4 rings (SSSR count). The van der Waals surface area contributed by atoms with E-state index in [0.717, 1.165) is 29.5 Å². The van der Waals surface area contributed by atoms with Crippen molar-refractivity contribution >= 4 is 45.4 Å². The maximum absolute atomic E-state index is 12.9. The molecule has 1 saturated heterocycles. The molecule has 3 aromatic rings. The molecular weight excluding hydrogens is 436 g/mol. The first-order valence-corrected chi connectivity index (χ1v) is 11.1. The molecule has 1 N–H and O–H groups in total. The van der Waals surface area contributed by atoms with Crippen LogP contribution in [0.1, 0.15) is 10.5 Å². The maximum Gasteiger partial charge on any atom is 0.273 e. The molecule has 1 aromatic heterocycles. The number of ether oxygens (including phenoxy) is 2. The minimum atomic E-state index is -0.0650. The molecule has 2 heterocycles. The average molecular weight is 459 g/mol. The van der Waals surface area contributed by atoms with Gasteiger partial charge >= 0.3 is 0 Å². The quantitative estimate of drug-likeness (QED) is 0.585. The van der Waals surface area contributed by atoms with Crippen molar-refractivity contribution in [3.8, 4) is 11.5 Å². The van der Waals surface area contributed by atoms with Crippen LogP contribution in [0.15, 0.2) is 47.8 Å². The number of para-hydroxylation sites is 1. The first-order chi connectivity index (χ1) is 15.1. The number of hydrogen-bond acceptors (Lipinski definition) is 7. The fourth-order valence-corrected chi connectivity index (χ4v) is 4.42. The Hall–Kier alpha value is -2.97. The molecule has 162 valence electrons. The van der Waals surface area contributed by atoms with E-state index in [-0.39, 0.29) is 5.91 Å². The molecule has 0 aliphatic carbocycles. The zero-order chi connectivity index (χ0) is 21.8. The molecule has 9 heteroatoms. The van der Waals surface area contributed by atoms with Gasteiger partial charge in [-0.2, -0.15) is 0 Å². The second-order valence-corrected chi connectivity index (χ2v) is 8.23. The summed E-state index contributed by atoms with van der Waals surface area (Å²) in [5.74, 6) is 1.27. The lowest BCUT2D eigenvalue weighted by Crippen LogP contribution is -2.49. The first kappa shape index (κ1) is 21.3. The summed E-state index contributed by atoms with van der Waals surface area (Å²) in [5, 5.41) is 6.35. The molecule has 1 amide bonds. The largest absolute Gasteiger partial charge is 0.497 e. The predicted molar refractivity (Wildman–Crippen MR) is 125 cm³/mol. The van der Waals surface area contributed by atoms with Crippen LogP contribution >= 0.6 is 22.9 Å². The molecule has 0 atom stereocenters. The van der Waals surface area contributed by atoms with E-state index in [9.17, 15) is 4.79 Å². The van der Waals surface area contributed by atoms with Gasteiger partial charge in [0, 0.05) is 37.6 Å². The van der Waals surface area contributed by atoms with Gasteiger partial charge in [0.05, 0.1) is 30.6 Å². The second-order valence-electron chi connectivity index (χ2n) is 6.96. The van der Waals surface area contributed by atoms with Crippen LogP contribution in [-0.2, 0) is 0 Å². The summed E-state index contributed by atoms with van der Waals surface area (Å²) >= 11 is 7.69. The number of carbonyl (C=O) groups excluding carboxylic acids is 1. The summed E-state index contributed by atoms with van der Waals surface area (Å²) in [6, 6.07) is 13.3. The van der Waals surface area contributed by atoms with Crippen molar-refractivity contribution in [3.05, 3.63) is 58.6 Å². The topological polar surface area (TPSA) is 66.9 Å². The minimum Gasteiger partial charge on any atom is -0.497 e. The molecule has 1 aliphatic rings. The Morgan fingerprint density at radius 3 is 2.58 bits per heavy atom. The van der Waals surface area contributed by atoms with Crippen LogP contribution in [0.2, 0.25) is 5.02 Å². The van der Waals surface area contributed by atoms with Gasteiger partial charge in [-0.1, -0.05) is 23.7 Å². The number of methoxy groups -OCH3 is 2. The summed E-state index contributed by atoms with van der Waals surface area (Å²) in [4.78, 5) is 21.5. The van der Waals surface area contributed by atoms with Crippen molar-refractivity contribution in [1.82, 2.24) is 9.88 Å². The van der Waals surface area contributed by atoms with E-state index < -0.39 is 0 Å². The normalized spacial score (nSPS) is 13.8. The minimum absolute atomic E-state index is 0.0650. The molecule has 31 heavy (non-hydrogen) atoms. The van der Waals surface area contributed by atoms with Gasteiger partial charge in [-0.05, 0) is 24.3 Å². The summed E-state index contributed by atoms with van der Waals surface area (Å²) in [7, 11) is 3.20. The Kier molecular flexibility index (Phi) is 6.48. The van der Waals surface area contributed by atoms with Gasteiger partial charge in [-0.3, -0.25) is 4.79 Å². The second kappa shape index (κ2) is 9.45. The van der Waals surface area contributed by atoms with Crippen LogP contribution in [0.25, 0.3) is 0 Å². The standard InChI is InChI=1S/C22H23ClN4O3S/c1-29-15-7-8-17(20(13-15)30-2)24-22-25-18(14-31-22)21(28)27-11-9-26(10-12-27)19-6-4-3-5-16(19)23/h3-8,13-14H,9-12H2,1-2H3,(H,24,25). The molecule has 0 unspecified atom stereocenters. The van der Waals surface area contributed by atoms with Crippen LogP contribution in [0.3, 0.4) is 0 Å². The van der Waals surface area contributed by atoms with Gasteiger partial charge < -0.3 is 24.6 Å². The number of carbonyl (C=O) groups is 1. The van der Waals surface area contributed by atoms with Crippen LogP contribution in [0.5, 0.6) is 11.5 Å². The third-order valence-corrected chi connectivity index (χ3v) is 6.21. The number of halogens is 1. The molecule has 2 aromatic carbocycles. The van der Waals surface area contributed by atoms with Crippen molar-refractivity contribution in [2.75, 3.05) is 50.6 Å². The third-order valence-electron chi connectivity index (χ3n) is 5.13. The van der Waals surface area contributed by atoms with E-state index in [1.807, 2.05) is 41.3 Å². The van der Waals surface area contributed by atoms with Crippen molar-refractivity contribution in [3.63, 3.8) is 0 Å². The first-order valence-electron chi connectivity index (χ1n) is 9.82. The number of nitrogens with one attached hydrogen (secondary N) is 1. The number of rotatable bonds is 6. The van der Waals surface area contributed by atoms with Crippen molar-refractivity contribution < 1.29 is 14.3 Å². The molecular formula is C22H23ClN4O3S. The fraction of sp³-hybridized carbons (Fsp3) is 0.273. The van der Waals surface area contributed by atoms with E-state index in [0.29, 0.717) is 35.4 Å². The highest BCUT2D eigenvalue weighted by atomic mass is 35.5. The van der Waals surface area contributed by atoms with Crippen molar-refractivity contribution in [1.29, 1.82) is 0 Å². The molecule has 1 aliphatic heterocycles. The zero-order valence-electron chi connectivity index (χ0n) is 17.3. The molecule has 0 spiro atoms. The molecule has 0 saturated carbocycles. The number of hydrogen-bond donors (Lipinski definition) is 1. The number of piperazine rings is 1. The van der Waals surface area contributed by atoms with Crippen molar-refractivity contribution in [2.24, 2.45) is 0 Å². The van der Waals surface area contributed by atoms with Gasteiger partial charge in [-0.15, -0.1) is 11.3 Å². The predicted octanol–water partition coefficient (Wildman–Crippen LogP) is 4.52. The molecule has 1 fully saturated rings. The van der Waals surface area contributed by atoms with E-state index in [4.69, 9.17) is 21.1 Å². The number of nitrogens with zero attached hydrogens (tertiary/aromatic N) is 3. The van der Waals surface area contributed by atoms with Gasteiger partial charge in [0.2, 0.25) is 0 Å². The van der Waals surface area contributed by atoms with Gasteiger partial charge in [0.15, 0.2) is 5.13 Å². The van der Waals surface area contributed by atoms with E-state index in [1.54, 1.807) is 25.7 Å². The smallest absolute Gasteiger partial charge is 0.273 e. The molecule has 0 bridgehead atoms. The summed E-state index contributed by atoms with van der Waals surface area (Å²) in [6.45, 7) is 2.70. The maximum atomic E-state index is 12.9. The zero-order valence-corrected chi connectivity index (χ0v) is 18.9. The summed E-state index contributed by atoms with van der Waals surface area (Å²) in [5.41, 5.74) is 2.20. The Labute approximate surface area is 190 Å². The number of benzene rings is 2. The average Bonchev–Trinajstić information content (AvgIpc) is 3.28. The number of thiazole rings is 1. The summed E-state index contributed by atoms with van der Waals surface area (Å²) < 4.78 is 10.6. The summed E-state index contributed by atoms with van der Waals surface area (Å²) in [6.07, 6.45) is 0. The van der Waals surface area contributed by atoms with Crippen LogP contribution in [0, 0.1) is 0 Å². The SMILES string of the molecule is COc1ccc(Nc2nc(C(=O)N3CCN(c4ccccc4Cl)CC3)cs2)c(OC)c1. The number of aromatic nitrogens is 1. The highest BCUT2D eigenvalue weighted by molar-refractivity contribution is 7.14. The monoisotopic (exact) mass is 458 g/mol. The van der Waals surface area contributed by atoms with Crippen LogP contribution in [0.4, 0.5) is 16.5 Å². The third kappa shape index (κ3) is 4.70. The van der Waals surface area contributed by atoms with Gasteiger partial charge in [0.1, 0.15) is 17.2 Å². The lowest BCUT2D eigenvalue weighted by Gasteiger charge is -2.36. The Morgan fingerprint density at radius 1 is 1.10 bits per heavy atom. The van der Waals surface area contributed by atoms with Gasteiger partial charge in [-0.25, -0.2) is 4.98 Å². The van der Waals surface area contributed by atoms with Crippen LogP contribution < -0.4 is 19.7 Å². The highest BCUT2D eigenvalue weighted by Gasteiger charge is 2.25. The highest BCUT2D eigenvalue weighted by Crippen LogP contribution is 2.32. The van der Waals surface area contributed by atoms with E-state index in [2.05, 4.69) is 15.2 Å². The number of amides is 1. The lowest BCUT2D eigenvalue weighted by molar-refractivity contribution is 0.0742. The lowest BCUT2D eigenvalue weighted by atomic mass is 10.2. The van der Waals surface area contributed by atoms with Crippen LogP contribution in [-0.4, -0.2) is 56.2 Å². The molecule has 0 radical (unpaired) electrons. The Morgan fingerprint density at radius 2 is 1.87 bits per heavy atom.